The Balaban J connectivity index is 2.14. The Hall–Kier alpha value is -0.240. The van der Waals surface area contributed by atoms with Gasteiger partial charge >= 0.3 is 0 Å². The van der Waals surface area contributed by atoms with Crippen molar-refractivity contribution in [2.24, 2.45) is 5.92 Å². The van der Waals surface area contributed by atoms with Crippen molar-refractivity contribution in [3.05, 3.63) is 33.8 Å². The quantitative estimate of drug-likeness (QED) is 0.842. The Labute approximate surface area is 113 Å². The van der Waals surface area contributed by atoms with Crippen molar-refractivity contribution >= 4 is 23.2 Å². The Morgan fingerprint density at radius 1 is 1.41 bits per heavy atom. The molecule has 94 valence electrons. The number of rotatable bonds is 2. The highest BCUT2D eigenvalue weighted by atomic mass is 35.5. The number of halogens is 2. The number of hydrogen-bond acceptors (Lipinski definition) is 1. The van der Waals surface area contributed by atoms with E-state index < -0.39 is 5.60 Å². The van der Waals surface area contributed by atoms with Gasteiger partial charge in [-0.05, 0) is 36.5 Å². The molecule has 1 N–H and O–H groups in total. The van der Waals surface area contributed by atoms with Crippen LogP contribution in [0.2, 0.25) is 10.0 Å². The van der Waals surface area contributed by atoms with E-state index in [2.05, 4.69) is 6.92 Å². The summed E-state index contributed by atoms with van der Waals surface area (Å²) in [5.41, 5.74) is 0.405. The molecule has 1 aliphatic carbocycles. The van der Waals surface area contributed by atoms with Gasteiger partial charge in [-0.25, -0.2) is 0 Å². The van der Waals surface area contributed by atoms with Crippen LogP contribution in [0.4, 0.5) is 0 Å². The van der Waals surface area contributed by atoms with Crippen molar-refractivity contribution in [3.8, 4) is 0 Å². The summed E-state index contributed by atoms with van der Waals surface area (Å²) in [6.45, 7) is 2.20. The first-order valence-electron chi connectivity index (χ1n) is 6.15. The highest BCUT2D eigenvalue weighted by Crippen LogP contribution is 2.36. The molecule has 0 aliphatic heterocycles. The highest BCUT2D eigenvalue weighted by Gasteiger charge is 2.33. The molecule has 0 radical (unpaired) electrons. The van der Waals surface area contributed by atoms with Gasteiger partial charge in [0.25, 0.3) is 0 Å². The van der Waals surface area contributed by atoms with Crippen LogP contribution in [0.25, 0.3) is 0 Å². The fraction of sp³-hybridized carbons (Fsp3) is 0.571. The van der Waals surface area contributed by atoms with E-state index in [1.54, 1.807) is 6.07 Å². The van der Waals surface area contributed by atoms with E-state index in [4.69, 9.17) is 23.2 Å². The van der Waals surface area contributed by atoms with Gasteiger partial charge in [0.2, 0.25) is 0 Å². The fourth-order valence-corrected chi connectivity index (χ4v) is 3.29. The van der Waals surface area contributed by atoms with Crippen LogP contribution in [0.1, 0.15) is 38.2 Å². The first-order valence-corrected chi connectivity index (χ1v) is 6.90. The zero-order valence-electron chi connectivity index (χ0n) is 10.0. The van der Waals surface area contributed by atoms with Crippen LogP contribution in [0.3, 0.4) is 0 Å². The molecule has 1 saturated carbocycles. The van der Waals surface area contributed by atoms with E-state index in [-0.39, 0.29) is 0 Å². The SMILES string of the molecule is CC1CCCC(O)(Cc2ccc(Cl)cc2Cl)C1. The van der Waals surface area contributed by atoms with Gasteiger partial charge in [0.05, 0.1) is 5.60 Å². The van der Waals surface area contributed by atoms with Crippen LogP contribution in [0.15, 0.2) is 18.2 Å². The minimum absolute atomic E-state index is 0.588. The van der Waals surface area contributed by atoms with Crippen molar-refractivity contribution in [1.29, 1.82) is 0 Å². The Bertz CT molecular complexity index is 405. The van der Waals surface area contributed by atoms with Gasteiger partial charge in [-0.3, -0.25) is 0 Å². The predicted octanol–water partition coefficient (Wildman–Crippen LogP) is 4.48. The molecule has 0 aromatic heterocycles. The molecule has 1 nitrogen and oxygen atoms in total. The predicted molar refractivity (Wildman–Crippen MR) is 72.7 cm³/mol. The molecular weight excluding hydrogens is 255 g/mol. The molecule has 0 heterocycles. The normalized spacial score (nSPS) is 29.3. The number of aliphatic hydroxyl groups is 1. The summed E-state index contributed by atoms with van der Waals surface area (Å²) < 4.78 is 0. The standard InChI is InChI=1S/C14H18Cl2O/c1-10-3-2-6-14(17,8-10)9-11-4-5-12(15)7-13(11)16/h4-5,7,10,17H,2-3,6,8-9H2,1H3. The zero-order valence-corrected chi connectivity index (χ0v) is 11.6. The molecule has 1 aromatic rings. The molecule has 0 bridgehead atoms. The van der Waals surface area contributed by atoms with Crippen molar-refractivity contribution in [1.82, 2.24) is 0 Å². The lowest BCUT2D eigenvalue weighted by atomic mass is 9.76. The second-order valence-corrected chi connectivity index (χ2v) is 6.18. The minimum atomic E-state index is -0.588. The first-order chi connectivity index (χ1) is 7.98. The van der Waals surface area contributed by atoms with E-state index in [0.717, 1.165) is 24.8 Å². The van der Waals surface area contributed by atoms with Crippen molar-refractivity contribution < 1.29 is 5.11 Å². The third-order valence-electron chi connectivity index (χ3n) is 3.60. The monoisotopic (exact) mass is 272 g/mol. The lowest BCUT2D eigenvalue weighted by molar-refractivity contribution is -0.0123. The summed E-state index contributed by atoms with van der Waals surface area (Å²) in [6, 6.07) is 5.49. The highest BCUT2D eigenvalue weighted by molar-refractivity contribution is 6.35. The Morgan fingerprint density at radius 3 is 2.82 bits per heavy atom. The van der Waals surface area contributed by atoms with E-state index in [1.807, 2.05) is 12.1 Å². The summed E-state index contributed by atoms with van der Waals surface area (Å²) in [5.74, 6) is 0.597. The average molecular weight is 273 g/mol. The molecule has 2 atom stereocenters. The van der Waals surface area contributed by atoms with E-state index in [9.17, 15) is 5.11 Å². The van der Waals surface area contributed by atoms with Gasteiger partial charge in [0.15, 0.2) is 0 Å². The van der Waals surface area contributed by atoms with Crippen LogP contribution in [0.5, 0.6) is 0 Å². The van der Waals surface area contributed by atoms with Gasteiger partial charge in [-0.15, -0.1) is 0 Å². The molecule has 17 heavy (non-hydrogen) atoms. The number of hydrogen-bond donors (Lipinski definition) is 1. The molecular formula is C14H18Cl2O. The van der Waals surface area contributed by atoms with Gasteiger partial charge in [-0.1, -0.05) is 49.0 Å². The lowest BCUT2D eigenvalue weighted by Crippen LogP contribution is -2.36. The van der Waals surface area contributed by atoms with E-state index in [0.29, 0.717) is 22.4 Å². The molecule has 3 heteroatoms. The van der Waals surface area contributed by atoms with Crippen LogP contribution in [0, 0.1) is 5.92 Å². The number of benzene rings is 1. The maximum absolute atomic E-state index is 10.6. The lowest BCUT2D eigenvalue weighted by Gasteiger charge is -2.36. The van der Waals surface area contributed by atoms with Crippen LogP contribution in [-0.2, 0) is 6.42 Å². The largest absolute Gasteiger partial charge is 0.390 e. The minimum Gasteiger partial charge on any atom is -0.390 e. The molecule has 2 rings (SSSR count). The molecule has 0 amide bonds. The smallest absolute Gasteiger partial charge is 0.0691 e. The van der Waals surface area contributed by atoms with Crippen molar-refractivity contribution in [3.63, 3.8) is 0 Å². The van der Waals surface area contributed by atoms with Crippen LogP contribution in [-0.4, -0.2) is 10.7 Å². The molecule has 2 unspecified atom stereocenters. The van der Waals surface area contributed by atoms with E-state index in [1.165, 1.54) is 6.42 Å². The van der Waals surface area contributed by atoms with E-state index >= 15 is 0 Å². The van der Waals surface area contributed by atoms with Gasteiger partial charge in [-0.2, -0.15) is 0 Å². The van der Waals surface area contributed by atoms with Crippen molar-refractivity contribution in [2.45, 2.75) is 44.6 Å². The maximum atomic E-state index is 10.6. The Kier molecular flexibility index (Phi) is 4.02. The van der Waals surface area contributed by atoms with Gasteiger partial charge in [0, 0.05) is 16.5 Å². The third-order valence-corrected chi connectivity index (χ3v) is 4.19. The summed E-state index contributed by atoms with van der Waals surface area (Å²) in [5, 5.41) is 11.9. The topological polar surface area (TPSA) is 20.2 Å². The Morgan fingerprint density at radius 2 is 2.18 bits per heavy atom. The molecule has 1 aromatic carbocycles. The van der Waals surface area contributed by atoms with Crippen LogP contribution < -0.4 is 0 Å². The third kappa shape index (κ3) is 3.37. The second-order valence-electron chi connectivity index (χ2n) is 5.34. The summed E-state index contributed by atoms with van der Waals surface area (Å²) >= 11 is 12.0. The van der Waals surface area contributed by atoms with Gasteiger partial charge in [0.1, 0.15) is 0 Å². The van der Waals surface area contributed by atoms with Crippen molar-refractivity contribution in [2.75, 3.05) is 0 Å². The summed E-state index contributed by atoms with van der Waals surface area (Å²) in [4.78, 5) is 0. The average Bonchev–Trinajstić information content (AvgIpc) is 2.22. The molecule has 1 aliphatic rings. The molecule has 1 fully saturated rings. The second kappa shape index (κ2) is 5.17. The summed E-state index contributed by atoms with van der Waals surface area (Å²) in [7, 11) is 0. The summed E-state index contributed by atoms with van der Waals surface area (Å²) in [6.07, 6.45) is 4.69. The fourth-order valence-electron chi connectivity index (χ4n) is 2.81. The molecule has 0 saturated heterocycles. The van der Waals surface area contributed by atoms with Crippen LogP contribution >= 0.6 is 23.2 Å². The first kappa shape index (κ1) is 13.2. The zero-order chi connectivity index (χ0) is 12.5. The molecule has 0 spiro atoms. The van der Waals surface area contributed by atoms with Gasteiger partial charge < -0.3 is 5.11 Å². The maximum Gasteiger partial charge on any atom is 0.0691 e.